The number of hydrogen-bond acceptors (Lipinski definition) is 3. The number of nitrogens with one attached hydrogen (secondary N) is 1. The van der Waals surface area contributed by atoms with Crippen LogP contribution in [0.15, 0.2) is 48.8 Å². The first-order valence-electron chi connectivity index (χ1n) is 8.36. The number of amides is 1. The molecule has 0 bridgehead atoms. The van der Waals surface area contributed by atoms with Crippen molar-refractivity contribution in [2.75, 3.05) is 6.54 Å². The maximum atomic E-state index is 12.9. The second kappa shape index (κ2) is 7.79. The minimum Gasteiger partial charge on any atom is -0.352 e. The van der Waals surface area contributed by atoms with Gasteiger partial charge in [0.15, 0.2) is 5.82 Å². The summed E-state index contributed by atoms with van der Waals surface area (Å²) in [5.41, 5.74) is 0.759. The van der Waals surface area contributed by atoms with Gasteiger partial charge in [-0.3, -0.25) is 4.79 Å². The lowest BCUT2D eigenvalue weighted by molar-refractivity contribution is -0.137. The lowest BCUT2D eigenvalue weighted by Crippen LogP contribution is -2.26. The maximum Gasteiger partial charge on any atom is 0.417 e. The van der Waals surface area contributed by atoms with Crippen molar-refractivity contribution in [3.8, 4) is 5.82 Å². The van der Waals surface area contributed by atoms with Crippen LogP contribution in [0.2, 0.25) is 0 Å². The van der Waals surface area contributed by atoms with Crippen molar-refractivity contribution in [3.63, 3.8) is 0 Å². The molecule has 1 N–H and O–H groups in total. The molecule has 1 amide bonds. The summed E-state index contributed by atoms with van der Waals surface area (Å²) in [4.78, 5) is 16.1. The minimum atomic E-state index is -4.47. The SMILES string of the molecule is Cc1c(C(=O)NCCc2ccc(F)cc2)cnn1-c1ccc(C(F)(F)F)cn1. The molecule has 0 radical (unpaired) electrons. The van der Waals surface area contributed by atoms with Crippen molar-refractivity contribution in [1.29, 1.82) is 0 Å². The van der Waals surface area contributed by atoms with Crippen LogP contribution >= 0.6 is 0 Å². The molecule has 146 valence electrons. The number of pyridine rings is 1. The fraction of sp³-hybridized carbons (Fsp3) is 0.211. The predicted octanol–water partition coefficient (Wildman–Crippen LogP) is 3.71. The van der Waals surface area contributed by atoms with E-state index >= 15 is 0 Å². The molecule has 0 atom stereocenters. The average Bonchev–Trinajstić information content (AvgIpc) is 3.04. The molecule has 2 aromatic heterocycles. The minimum absolute atomic E-state index is 0.177. The van der Waals surface area contributed by atoms with Crippen molar-refractivity contribution in [3.05, 3.63) is 77.0 Å². The van der Waals surface area contributed by atoms with Gasteiger partial charge in [-0.05, 0) is 43.2 Å². The summed E-state index contributed by atoms with van der Waals surface area (Å²) in [5, 5.41) is 6.79. The van der Waals surface area contributed by atoms with Crippen LogP contribution < -0.4 is 5.32 Å². The highest BCUT2D eigenvalue weighted by Gasteiger charge is 2.30. The highest BCUT2D eigenvalue weighted by atomic mass is 19.4. The molecule has 3 rings (SSSR count). The lowest BCUT2D eigenvalue weighted by atomic mass is 10.1. The molecule has 0 fully saturated rings. The largest absolute Gasteiger partial charge is 0.417 e. The fourth-order valence-corrected chi connectivity index (χ4v) is 2.61. The molecule has 0 saturated heterocycles. The Balaban J connectivity index is 1.66. The molecular weight excluding hydrogens is 376 g/mol. The third kappa shape index (κ3) is 4.36. The van der Waals surface area contributed by atoms with Gasteiger partial charge in [-0.2, -0.15) is 18.3 Å². The first-order chi connectivity index (χ1) is 13.3. The monoisotopic (exact) mass is 392 g/mol. The van der Waals surface area contributed by atoms with E-state index in [2.05, 4.69) is 15.4 Å². The first-order valence-corrected chi connectivity index (χ1v) is 8.36. The van der Waals surface area contributed by atoms with Crippen LogP contribution in [-0.2, 0) is 12.6 Å². The van der Waals surface area contributed by atoms with Crippen molar-refractivity contribution in [2.45, 2.75) is 19.5 Å². The van der Waals surface area contributed by atoms with E-state index in [1.54, 1.807) is 19.1 Å². The van der Waals surface area contributed by atoms with Gasteiger partial charge in [0.25, 0.3) is 5.91 Å². The summed E-state index contributed by atoms with van der Waals surface area (Å²) in [5.74, 6) is -0.513. The van der Waals surface area contributed by atoms with Crippen LogP contribution in [0.5, 0.6) is 0 Å². The molecule has 2 heterocycles. The van der Waals surface area contributed by atoms with Gasteiger partial charge in [-0.15, -0.1) is 0 Å². The maximum absolute atomic E-state index is 12.9. The third-order valence-corrected chi connectivity index (χ3v) is 4.16. The van der Waals surface area contributed by atoms with Gasteiger partial charge < -0.3 is 5.32 Å². The van der Waals surface area contributed by atoms with E-state index < -0.39 is 11.7 Å². The smallest absolute Gasteiger partial charge is 0.352 e. The molecule has 1 aromatic carbocycles. The van der Waals surface area contributed by atoms with E-state index in [0.717, 1.165) is 17.8 Å². The molecule has 0 aliphatic carbocycles. The molecule has 9 heteroatoms. The van der Waals surface area contributed by atoms with Crippen LogP contribution in [0.1, 0.15) is 27.2 Å². The van der Waals surface area contributed by atoms with Gasteiger partial charge >= 0.3 is 6.18 Å². The van der Waals surface area contributed by atoms with E-state index in [0.29, 0.717) is 24.2 Å². The Bertz CT molecular complexity index is 963. The normalized spacial score (nSPS) is 11.5. The number of benzene rings is 1. The molecule has 0 aliphatic heterocycles. The molecule has 5 nitrogen and oxygen atoms in total. The van der Waals surface area contributed by atoms with E-state index in [1.165, 1.54) is 29.1 Å². The third-order valence-electron chi connectivity index (χ3n) is 4.16. The molecule has 0 aliphatic rings. The first kappa shape index (κ1) is 19.5. The molecular formula is C19H16F4N4O. The van der Waals surface area contributed by atoms with Crippen LogP contribution in [0.25, 0.3) is 5.82 Å². The number of rotatable bonds is 5. The van der Waals surface area contributed by atoms with Crippen LogP contribution in [0, 0.1) is 12.7 Å². The number of aromatic nitrogens is 3. The second-order valence-electron chi connectivity index (χ2n) is 6.09. The van der Waals surface area contributed by atoms with Gasteiger partial charge in [-0.25, -0.2) is 14.1 Å². The van der Waals surface area contributed by atoms with Crippen molar-refractivity contribution < 1.29 is 22.4 Å². The number of nitrogens with zero attached hydrogens (tertiary/aromatic N) is 3. The van der Waals surface area contributed by atoms with Gasteiger partial charge in [0.2, 0.25) is 0 Å². The number of hydrogen-bond donors (Lipinski definition) is 1. The Morgan fingerprint density at radius 3 is 2.43 bits per heavy atom. The number of carbonyl (C=O) groups is 1. The molecule has 0 spiro atoms. The fourth-order valence-electron chi connectivity index (χ4n) is 2.61. The Kier molecular flexibility index (Phi) is 5.43. The highest BCUT2D eigenvalue weighted by molar-refractivity contribution is 5.95. The summed E-state index contributed by atoms with van der Waals surface area (Å²) >= 11 is 0. The van der Waals surface area contributed by atoms with E-state index in [1.807, 2.05) is 0 Å². The van der Waals surface area contributed by atoms with Crippen LogP contribution in [-0.4, -0.2) is 27.2 Å². The summed E-state index contributed by atoms with van der Waals surface area (Å²) in [6.07, 6.45) is -1.89. The van der Waals surface area contributed by atoms with Gasteiger partial charge in [0.05, 0.1) is 23.0 Å². The average molecular weight is 392 g/mol. The summed E-state index contributed by atoms with van der Waals surface area (Å²) in [6.45, 7) is 1.97. The molecule has 28 heavy (non-hydrogen) atoms. The molecule has 0 saturated carbocycles. The predicted molar refractivity (Wildman–Crippen MR) is 93.5 cm³/mol. The van der Waals surface area contributed by atoms with Gasteiger partial charge in [0.1, 0.15) is 5.82 Å². The zero-order chi connectivity index (χ0) is 20.3. The van der Waals surface area contributed by atoms with Crippen molar-refractivity contribution >= 4 is 5.91 Å². The van der Waals surface area contributed by atoms with Crippen molar-refractivity contribution in [1.82, 2.24) is 20.1 Å². The van der Waals surface area contributed by atoms with Crippen molar-refractivity contribution in [2.24, 2.45) is 0 Å². The molecule has 3 aromatic rings. The number of carbonyl (C=O) groups excluding carboxylic acids is 1. The van der Waals surface area contributed by atoms with E-state index in [4.69, 9.17) is 0 Å². The van der Waals surface area contributed by atoms with Gasteiger partial charge in [-0.1, -0.05) is 12.1 Å². The number of halogens is 4. The van der Waals surface area contributed by atoms with Crippen LogP contribution in [0.3, 0.4) is 0 Å². The summed E-state index contributed by atoms with van der Waals surface area (Å²) < 4.78 is 52.1. The topological polar surface area (TPSA) is 59.8 Å². The highest BCUT2D eigenvalue weighted by Crippen LogP contribution is 2.28. The van der Waals surface area contributed by atoms with Crippen LogP contribution in [0.4, 0.5) is 17.6 Å². The Labute approximate surface area is 158 Å². The van der Waals surface area contributed by atoms with E-state index in [9.17, 15) is 22.4 Å². The zero-order valence-corrected chi connectivity index (χ0v) is 14.8. The quantitative estimate of drug-likeness (QED) is 0.674. The lowest BCUT2D eigenvalue weighted by Gasteiger charge is -2.08. The molecule has 0 unspecified atom stereocenters. The Morgan fingerprint density at radius 1 is 1.11 bits per heavy atom. The summed E-state index contributed by atoms with van der Waals surface area (Å²) in [6, 6.07) is 8.08. The summed E-state index contributed by atoms with van der Waals surface area (Å²) in [7, 11) is 0. The zero-order valence-electron chi connectivity index (χ0n) is 14.8. The Hall–Kier alpha value is -3.23. The Morgan fingerprint density at radius 2 is 1.82 bits per heavy atom. The number of alkyl halides is 3. The van der Waals surface area contributed by atoms with Gasteiger partial charge in [0, 0.05) is 12.7 Å². The van der Waals surface area contributed by atoms with E-state index in [-0.39, 0.29) is 17.5 Å². The standard InChI is InChI=1S/C19H16F4N4O/c1-12-16(18(28)24-9-8-13-2-5-15(20)6-3-13)11-26-27(12)17-7-4-14(10-25-17)19(21,22)23/h2-7,10-11H,8-9H2,1H3,(H,24,28). The second-order valence-corrected chi connectivity index (χ2v) is 6.09.